The molecule has 0 bridgehead atoms. The van der Waals surface area contributed by atoms with Crippen LogP contribution in [-0.4, -0.2) is 45.0 Å². The fourth-order valence-corrected chi connectivity index (χ4v) is 6.13. The first kappa shape index (κ1) is 26.4. The summed E-state index contributed by atoms with van der Waals surface area (Å²) >= 11 is 13.1. The minimum absolute atomic E-state index is 0.0354. The van der Waals surface area contributed by atoms with Crippen LogP contribution < -0.4 is 10.5 Å². The average Bonchev–Trinajstić information content (AvgIpc) is 3.09. The lowest BCUT2D eigenvalue weighted by Crippen LogP contribution is -2.48. The quantitative estimate of drug-likeness (QED) is 0.399. The number of anilines is 1. The average molecular weight is 543 g/mol. The molecule has 2 atom stereocenters. The van der Waals surface area contributed by atoms with Gasteiger partial charge in [0.05, 0.1) is 23.7 Å². The van der Waals surface area contributed by atoms with E-state index in [4.69, 9.17) is 28.6 Å². The van der Waals surface area contributed by atoms with E-state index in [0.717, 1.165) is 5.56 Å². The maximum atomic E-state index is 13.5. The molecular weight excluding hydrogens is 516 g/mol. The first-order chi connectivity index (χ1) is 17.2. The number of morpholine rings is 1. The van der Waals surface area contributed by atoms with Gasteiger partial charge in [-0.05, 0) is 51.0 Å². The number of benzene rings is 1. The largest absolute Gasteiger partial charge is 0.372 e. The molecule has 0 aliphatic carbocycles. The zero-order valence-electron chi connectivity index (χ0n) is 20.6. The number of nitriles is 1. The Labute approximate surface area is 225 Å². The topological polar surface area (TPSA) is 78.6 Å². The SMILES string of the molecule is CCn1c(N2CC(C)OC(C)C2)c(/C=C2\SC(=S)N(Cc3ccccc3Cl)C2=O)c(C)c(C#N)c1=O. The van der Waals surface area contributed by atoms with Crippen LogP contribution in [0.3, 0.4) is 0 Å². The fraction of sp³-hybridized carbons (Fsp3) is 0.385. The molecule has 10 heteroatoms. The van der Waals surface area contributed by atoms with Crippen molar-refractivity contribution in [2.75, 3.05) is 18.0 Å². The van der Waals surface area contributed by atoms with Crippen molar-refractivity contribution >= 4 is 57.7 Å². The summed E-state index contributed by atoms with van der Waals surface area (Å²) in [6.45, 7) is 9.45. The third kappa shape index (κ3) is 4.96. The number of ether oxygens (including phenoxy) is 1. The summed E-state index contributed by atoms with van der Waals surface area (Å²) in [4.78, 5) is 30.8. The van der Waals surface area contributed by atoms with E-state index in [0.29, 0.717) is 50.8 Å². The molecule has 1 amide bonds. The Morgan fingerprint density at radius 1 is 1.25 bits per heavy atom. The summed E-state index contributed by atoms with van der Waals surface area (Å²) in [5, 5.41) is 10.4. The molecule has 2 aromatic rings. The molecule has 3 heterocycles. The van der Waals surface area contributed by atoms with Crippen molar-refractivity contribution in [3.8, 4) is 6.07 Å². The summed E-state index contributed by atoms with van der Waals surface area (Å²) < 4.78 is 7.96. The molecule has 2 aliphatic heterocycles. The standard InChI is InChI=1S/C26H27ClN4O3S2/c1-5-30-23(29-12-15(2)34-16(3)13-29)19(17(4)20(11-28)24(30)32)10-22-25(33)31(26(35)36-22)14-18-8-6-7-9-21(18)27/h6-10,15-16H,5,12-14H2,1-4H3/b22-10-. The first-order valence-corrected chi connectivity index (χ1v) is 13.3. The highest BCUT2D eigenvalue weighted by Gasteiger charge is 2.34. The molecule has 1 aromatic heterocycles. The van der Waals surface area contributed by atoms with Crippen LogP contribution >= 0.6 is 35.6 Å². The van der Waals surface area contributed by atoms with E-state index in [1.807, 2.05) is 39.0 Å². The summed E-state index contributed by atoms with van der Waals surface area (Å²) in [6, 6.07) is 9.42. The molecule has 2 unspecified atom stereocenters. The van der Waals surface area contributed by atoms with Gasteiger partial charge in [-0.2, -0.15) is 5.26 Å². The van der Waals surface area contributed by atoms with Crippen molar-refractivity contribution in [2.24, 2.45) is 0 Å². The van der Waals surface area contributed by atoms with Crippen molar-refractivity contribution in [2.45, 2.75) is 53.0 Å². The van der Waals surface area contributed by atoms with Gasteiger partial charge >= 0.3 is 0 Å². The summed E-state index contributed by atoms with van der Waals surface area (Å²) in [5.74, 6) is 0.462. The number of hydrogen-bond donors (Lipinski definition) is 0. The minimum Gasteiger partial charge on any atom is -0.372 e. The van der Waals surface area contributed by atoms with Crippen LogP contribution in [0.4, 0.5) is 5.82 Å². The molecular formula is C26H27ClN4O3S2. The van der Waals surface area contributed by atoms with Gasteiger partial charge in [-0.15, -0.1) is 0 Å². The lowest BCUT2D eigenvalue weighted by molar-refractivity contribution is -0.122. The van der Waals surface area contributed by atoms with Crippen LogP contribution in [0, 0.1) is 18.3 Å². The number of rotatable bonds is 5. The molecule has 1 aromatic carbocycles. The molecule has 0 saturated carbocycles. The second-order valence-corrected chi connectivity index (χ2v) is 11.0. The van der Waals surface area contributed by atoms with E-state index in [2.05, 4.69) is 11.0 Å². The number of nitrogens with zero attached hydrogens (tertiary/aromatic N) is 4. The first-order valence-electron chi connectivity index (χ1n) is 11.7. The van der Waals surface area contributed by atoms with Crippen LogP contribution in [0.15, 0.2) is 34.0 Å². The Hall–Kier alpha value is -2.64. The summed E-state index contributed by atoms with van der Waals surface area (Å²) in [7, 11) is 0. The van der Waals surface area contributed by atoms with Crippen molar-refractivity contribution < 1.29 is 9.53 Å². The number of aromatic nitrogens is 1. The highest BCUT2D eigenvalue weighted by atomic mass is 35.5. The van der Waals surface area contributed by atoms with Crippen molar-refractivity contribution in [3.05, 3.63) is 66.8 Å². The van der Waals surface area contributed by atoms with Gasteiger partial charge in [0, 0.05) is 30.2 Å². The van der Waals surface area contributed by atoms with E-state index in [1.165, 1.54) is 16.7 Å². The zero-order chi connectivity index (χ0) is 26.1. The van der Waals surface area contributed by atoms with Crippen LogP contribution in [0.5, 0.6) is 0 Å². The van der Waals surface area contributed by atoms with Crippen molar-refractivity contribution in [1.82, 2.24) is 9.47 Å². The number of thioether (sulfide) groups is 1. The van der Waals surface area contributed by atoms with Crippen LogP contribution in [0.2, 0.25) is 5.02 Å². The number of carbonyl (C=O) groups is 1. The van der Waals surface area contributed by atoms with E-state index < -0.39 is 0 Å². The Kier molecular flexibility index (Phi) is 7.90. The van der Waals surface area contributed by atoms with Crippen LogP contribution in [0.25, 0.3) is 6.08 Å². The van der Waals surface area contributed by atoms with Gasteiger partial charge in [-0.25, -0.2) is 0 Å². The van der Waals surface area contributed by atoms with E-state index in [9.17, 15) is 14.9 Å². The second kappa shape index (κ2) is 10.8. The minimum atomic E-state index is -0.331. The molecule has 2 aliphatic rings. The molecule has 0 N–H and O–H groups in total. The second-order valence-electron chi connectivity index (χ2n) is 8.92. The predicted octanol–water partition coefficient (Wildman–Crippen LogP) is 4.72. The molecule has 188 valence electrons. The van der Waals surface area contributed by atoms with E-state index in [-0.39, 0.29) is 35.8 Å². The Morgan fingerprint density at radius 3 is 2.53 bits per heavy atom. The Morgan fingerprint density at radius 2 is 1.92 bits per heavy atom. The number of thiocarbonyl (C=S) groups is 1. The zero-order valence-corrected chi connectivity index (χ0v) is 23.0. The van der Waals surface area contributed by atoms with Gasteiger partial charge in [0.2, 0.25) is 0 Å². The predicted molar refractivity (Wildman–Crippen MR) is 148 cm³/mol. The normalized spacial score (nSPS) is 21.4. The summed E-state index contributed by atoms with van der Waals surface area (Å²) in [5.41, 5.74) is 1.77. The maximum absolute atomic E-state index is 13.5. The van der Waals surface area contributed by atoms with Crippen molar-refractivity contribution in [1.29, 1.82) is 5.26 Å². The maximum Gasteiger partial charge on any atom is 0.270 e. The molecule has 36 heavy (non-hydrogen) atoms. The van der Waals surface area contributed by atoms with Gasteiger partial charge in [0.1, 0.15) is 21.8 Å². The van der Waals surface area contributed by atoms with Gasteiger partial charge in [0.15, 0.2) is 0 Å². The van der Waals surface area contributed by atoms with Gasteiger partial charge in [-0.3, -0.25) is 19.1 Å². The molecule has 0 spiro atoms. The monoisotopic (exact) mass is 542 g/mol. The highest BCUT2D eigenvalue weighted by molar-refractivity contribution is 8.26. The molecule has 2 saturated heterocycles. The van der Waals surface area contributed by atoms with E-state index in [1.54, 1.807) is 23.6 Å². The molecule has 4 rings (SSSR count). The van der Waals surface area contributed by atoms with Gasteiger partial charge < -0.3 is 9.64 Å². The Balaban J connectivity index is 1.83. The summed E-state index contributed by atoms with van der Waals surface area (Å²) in [6.07, 6.45) is 1.70. The number of amides is 1. The number of carbonyl (C=O) groups excluding carboxylic acids is 1. The lowest BCUT2D eigenvalue weighted by Gasteiger charge is -2.39. The van der Waals surface area contributed by atoms with Crippen LogP contribution in [0.1, 0.15) is 43.0 Å². The fourth-order valence-electron chi connectivity index (χ4n) is 4.69. The van der Waals surface area contributed by atoms with E-state index >= 15 is 0 Å². The molecule has 7 nitrogen and oxygen atoms in total. The number of halogens is 1. The molecule has 0 radical (unpaired) electrons. The van der Waals surface area contributed by atoms with Gasteiger partial charge in [-0.1, -0.05) is 53.8 Å². The van der Waals surface area contributed by atoms with Gasteiger partial charge in [0.25, 0.3) is 11.5 Å². The third-order valence-corrected chi connectivity index (χ3v) is 8.06. The Bertz CT molecular complexity index is 1350. The third-order valence-electron chi connectivity index (χ3n) is 6.32. The van der Waals surface area contributed by atoms with Crippen LogP contribution in [-0.2, 0) is 22.6 Å². The molecule has 2 fully saturated rings. The number of pyridine rings is 1. The van der Waals surface area contributed by atoms with Crippen molar-refractivity contribution in [3.63, 3.8) is 0 Å². The number of hydrogen-bond acceptors (Lipinski definition) is 7. The highest BCUT2D eigenvalue weighted by Crippen LogP contribution is 2.37. The smallest absolute Gasteiger partial charge is 0.270 e. The lowest BCUT2D eigenvalue weighted by atomic mass is 10.0.